The molecular formula is C22H19NO4. The molecule has 0 saturated heterocycles. The standard InChI is InChI=1S/C22H19NO4/c1-4-19-21-12-18(27-14(3)25)11-16-7-10-20(23(16)21)22(19)15-5-8-17(9-6-15)26-13(2)24/h5-12H,4H2,1-3H3. The zero-order valence-corrected chi connectivity index (χ0v) is 15.4. The highest BCUT2D eigenvalue weighted by molar-refractivity contribution is 5.95. The molecule has 27 heavy (non-hydrogen) atoms. The Labute approximate surface area is 156 Å². The number of nitrogens with zero attached hydrogens (tertiary/aromatic N) is 1. The Morgan fingerprint density at radius 3 is 2.15 bits per heavy atom. The number of pyridine rings is 1. The number of hydrogen-bond acceptors (Lipinski definition) is 4. The lowest BCUT2D eigenvalue weighted by Crippen LogP contribution is -2.01. The van der Waals surface area contributed by atoms with Gasteiger partial charge in [-0.1, -0.05) is 19.1 Å². The summed E-state index contributed by atoms with van der Waals surface area (Å²) in [7, 11) is 0. The van der Waals surface area contributed by atoms with Crippen molar-refractivity contribution in [3.05, 3.63) is 54.1 Å². The third-order valence-corrected chi connectivity index (χ3v) is 4.61. The monoisotopic (exact) mass is 361 g/mol. The van der Waals surface area contributed by atoms with E-state index < -0.39 is 0 Å². The van der Waals surface area contributed by atoms with Crippen LogP contribution < -0.4 is 9.47 Å². The van der Waals surface area contributed by atoms with Crippen molar-refractivity contribution < 1.29 is 19.1 Å². The number of carbonyl (C=O) groups is 2. The smallest absolute Gasteiger partial charge is 0.308 e. The molecule has 0 radical (unpaired) electrons. The van der Waals surface area contributed by atoms with Gasteiger partial charge in [0.2, 0.25) is 0 Å². The number of rotatable bonds is 4. The van der Waals surface area contributed by atoms with Crippen LogP contribution in [0, 0.1) is 0 Å². The first-order chi connectivity index (χ1) is 13.0. The molecule has 4 rings (SSSR count). The van der Waals surface area contributed by atoms with Gasteiger partial charge in [-0.2, -0.15) is 0 Å². The summed E-state index contributed by atoms with van der Waals surface area (Å²) in [6.45, 7) is 4.90. The van der Waals surface area contributed by atoms with Crippen LogP contribution in [-0.2, 0) is 16.0 Å². The van der Waals surface area contributed by atoms with E-state index in [0.29, 0.717) is 11.5 Å². The van der Waals surface area contributed by atoms with Crippen molar-refractivity contribution in [3.8, 4) is 22.6 Å². The highest BCUT2D eigenvalue weighted by Gasteiger charge is 2.19. The van der Waals surface area contributed by atoms with E-state index in [0.717, 1.165) is 34.1 Å². The van der Waals surface area contributed by atoms with Crippen molar-refractivity contribution in [3.63, 3.8) is 0 Å². The maximum absolute atomic E-state index is 11.4. The van der Waals surface area contributed by atoms with Gasteiger partial charge < -0.3 is 13.9 Å². The van der Waals surface area contributed by atoms with Gasteiger partial charge in [-0.3, -0.25) is 9.59 Å². The molecule has 136 valence electrons. The predicted octanol–water partition coefficient (Wildman–Crippen LogP) is 4.61. The molecule has 0 aliphatic rings. The van der Waals surface area contributed by atoms with E-state index in [4.69, 9.17) is 9.47 Å². The third kappa shape index (κ3) is 2.91. The zero-order chi connectivity index (χ0) is 19.1. The van der Waals surface area contributed by atoms with Gasteiger partial charge in [-0.15, -0.1) is 0 Å². The maximum atomic E-state index is 11.4. The van der Waals surface area contributed by atoms with Crippen LogP contribution >= 0.6 is 0 Å². The van der Waals surface area contributed by atoms with Gasteiger partial charge in [0.15, 0.2) is 0 Å². The van der Waals surface area contributed by atoms with Crippen LogP contribution in [0.3, 0.4) is 0 Å². The van der Waals surface area contributed by atoms with Crippen molar-refractivity contribution >= 4 is 28.5 Å². The minimum atomic E-state index is -0.337. The van der Waals surface area contributed by atoms with Gasteiger partial charge in [0.1, 0.15) is 11.5 Å². The first kappa shape index (κ1) is 17.1. The molecule has 0 atom stereocenters. The fourth-order valence-corrected chi connectivity index (χ4v) is 3.68. The molecule has 0 saturated carbocycles. The molecule has 0 unspecified atom stereocenters. The number of aromatic nitrogens is 1. The molecule has 1 aromatic carbocycles. The molecule has 3 heterocycles. The predicted molar refractivity (Wildman–Crippen MR) is 104 cm³/mol. The second-order valence-corrected chi connectivity index (χ2v) is 6.47. The normalized spacial score (nSPS) is 11.2. The minimum Gasteiger partial charge on any atom is -0.427 e. The van der Waals surface area contributed by atoms with E-state index in [1.54, 1.807) is 12.1 Å². The SMILES string of the molecule is CCc1c(-c2ccc(OC(C)=O)cc2)c2ccc3cc(OC(C)=O)cc1n32. The summed E-state index contributed by atoms with van der Waals surface area (Å²) in [5, 5.41) is 0. The topological polar surface area (TPSA) is 57.0 Å². The summed E-state index contributed by atoms with van der Waals surface area (Å²) < 4.78 is 12.6. The molecule has 0 spiro atoms. The van der Waals surface area contributed by atoms with Gasteiger partial charge >= 0.3 is 11.9 Å². The molecular weight excluding hydrogens is 342 g/mol. The van der Waals surface area contributed by atoms with E-state index in [-0.39, 0.29) is 11.9 Å². The molecule has 0 N–H and O–H groups in total. The van der Waals surface area contributed by atoms with Gasteiger partial charge in [-0.25, -0.2) is 0 Å². The molecule has 0 aliphatic carbocycles. The van der Waals surface area contributed by atoms with E-state index in [9.17, 15) is 9.59 Å². The zero-order valence-electron chi connectivity index (χ0n) is 15.4. The number of carbonyl (C=O) groups excluding carboxylic acids is 2. The summed E-state index contributed by atoms with van der Waals surface area (Å²) in [6.07, 6.45) is 0.835. The van der Waals surface area contributed by atoms with Crippen LogP contribution in [-0.4, -0.2) is 16.3 Å². The van der Waals surface area contributed by atoms with Crippen LogP contribution in [0.4, 0.5) is 0 Å². The fraction of sp³-hybridized carbons (Fsp3) is 0.182. The third-order valence-electron chi connectivity index (χ3n) is 4.61. The van der Waals surface area contributed by atoms with Crippen molar-refractivity contribution in [2.75, 3.05) is 0 Å². The van der Waals surface area contributed by atoms with Crippen LogP contribution in [0.5, 0.6) is 11.5 Å². The van der Waals surface area contributed by atoms with Gasteiger partial charge in [0, 0.05) is 37.1 Å². The van der Waals surface area contributed by atoms with Gasteiger partial charge in [-0.05, 0) is 41.8 Å². The van der Waals surface area contributed by atoms with Crippen molar-refractivity contribution in [1.29, 1.82) is 0 Å². The van der Waals surface area contributed by atoms with Crippen molar-refractivity contribution in [1.82, 2.24) is 4.40 Å². The highest BCUT2D eigenvalue weighted by atomic mass is 16.5. The molecule has 5 nitrogen and oxygen atoms in total. The Hall–Kier alpha value is -3.34. The molecule has 0 bridgehead atoms. The molecule has 0 fully saturated rings. The Bertz CT molecular complexity index is 1150. The largest absolute Gasteiger partial charge is 0.427 e. The summed E-state index contributed by atoms with van der Waals surface area (Å²) in [5.41, 5.74) is 6.49. The van der Waals surface area contributed by atoms with E-state index in [1.807, 2.05) is 30.3 Å². The van der Waals surface area contributed by atoms with E-state index in [2.05, 4.69) is 17.4 Å². The van der Waals surface area contributed by atoms with Crippen LogP contribution in [0.15, 0.2) is 48.5 Å². The highest BCUT2D eigenvalue weighted by Crippen LogP contribution is 2.39. The molecule has 5 heteroatoms. The Morgan fingerprint density at radius 1 is 0.852 bits per heavy atom. The lowest BCUT2D eigenvalue weighted by atomic mass is 9.99. The number of ether oxygens (including phenoxy) is 2. The lowest BCUT2D eigenvalue weighted by molar-refractivity contribution is -0.132. The van der Waals surface area contributed by atoms with Crippen LogP contribution in [0.2, 0.25) is 0 Å². The average Bonchev–Trinajstić information content (AvgIpc) is 3.16. The Kier molecular flexibility index (Phi) is 4.07. The first-order valence-electron chi connectivity index (χ1n) is 8.84. The molecule has 0 amide bonds. The van der Waals surface area contributed by atoms with E-state index in [1.165, 1.54) is 19.4 Å². The summed E-state index contributed by atoms with van der Waals surface area (Å²) >= 11 is 0. The molecule has 4 aromatic rings. The Morgan fingerprint density at radius 2 is 1.52 bits per heavy atom. The van der Waals surface area contributed by atoms with Crippen LogP contribution in [0.25, 0.3) is 27.7 Å². The number of benzene rings is 1. The summed E-state index contributed by atoms with van der Waals surface area (Å²) in [5.74, 6) is 0.403. The van der Waals surface area contributed by atoms with Gasteiger partial charge in [0.05, 0.1) is 11.0 Å². The first-order valence-corrected chi connectivity index (χ1v) is 8.84. The number of hydrogen-bond donors (Lipinski definition) is 0. The van der Waals surface area contributed by atoms with Crippen molar-refractivity contribution in [2.24, 2.45) is 0 Å². The van der Waals surface area contributed by atoms with E-state index >= 15 is 0 Å². The summed E-state index contributed by atoms with van der Waals surface area (Å²) in [6, 6.07) is 15.4. The molecule has 3 aromatic heterocycles. The Balaban J connectivity index is 1.90. The minimum absolute atomic E-state index is 0.334. The average molecular weight is 361 g/mol. The number of aryl methyl sites for hydroxylation is 1. The quantitative estimate of drug-likeness (QED) is 0.393. The van der Waals surface area contributed by atoms with Crippen molar-refractivity contribution in [2.45, 2.75) is 27.2 Å². The molecule has 0 aliphatic heterocycles. The van der Waals surface area contributed by atoms with Gasteiger partial charge in [0.25, 0.3) is 0 Å². The van der Waals surface area contributed by atoms with Crippen LogP contribution in [0.1, 0.15) is 26.3 Å². The fourth-order valence-electron chi connectivity index (χ4n) is 3.68. The number of esters is 2. The lowest BCUT2D eigenvalue weighted by Gasteiger charge is -2.06. The maximum Gasteiger partial charge on any atom is 0.308 e. The second-order valence-electron chi connectivity index (χ2n) is 6.47. The summed E-state index contributed by atoms with van der Waals surface area (Å²) in [4.78, 5) is 22.5. The second kappa shape index (κ2) is 6.43.